The fraction of sp³-hybridized carbons (Fsp3) is 0.857. The molecule has 0 bridgehead atoms. The van der Waals surface area contributed by atoms with Gasteiger partial charge >= 0.3 is 6.18 Å². The van der Waals surface area contributed by atoms with E-state index in [4.69, 9.17) is 0 Å². The molecular weight excluding hydrogens is 320 g/mol. The Labute approximate surface area is 130 Å². The maximum absolute atomic E-state index is 14.3. The van der Waals surface area contributed by atoms with Gasteiger partial charge in [-0.3, -0.25) is 9.79 Å². The molecule has 3 unspecified atom stereocenters. The highest BCUT2D eigenvalue weighted by Crippen LogP contribution is 2.62. The van der Waals surface area contributed by atoms with Crippen LogP contribution in [-0.4, -0.2) is 33.7 Å². The standard InChI is InChI=1S/C14H18F4N2OS/c1-11-5-4-7(11)6-8(11)19-10-20-9(21)12(2,22-10)13(3,15)14(16,17)18/h7-8H,4-6H2,1-3H3,(H,19,20,21)/t7-,8-,11?,12?,13?/m0/s1. The highest BCUT2D eigenvalue weighted by atomic mass is 32.2. The maximum Gasteiger partial charge on any atom is 0.424 e. The smallest absolute Gasteiger partial charge is 0.304 e. The monoisotopic (exact) mass is 338 g/mol. The molecule has 8 heteroatoms. The average molecular weight is 338 g/mol. The number of fused-ring (bicyclic) bond motifs is 1. The molecule has 3 fully saturated rings. The van der Waals surface area contributed by atoms with E-state index >= 15 is 0 Å². The highest BCUT2D eigenvalue weighted by molar-refractivity contribution is 8.16. The molecule has 1 heterocycles. The molecule has 0 aromatic carbocycles. The van der Waals surface area contributed by atoms with Crippen LogP contribution in [0.15, 0.2) is 4.99 Å². The summed E-state index contributed by atoms with van der Waals surface area (Å²) in [7, 11) is 0. The molecular formula is C14H18F4N2OS. The zero-order chi connectivity index (χ0) is 16.6. The minimum absolute atomic E-state index is 0.00755. The van der Waals surface area contributed by atoms with Crippen LogP contribution >= 0.6 is 11.8 Å². The molecule has 2 aliphatic carbocycles. The second-order valence-corrected chi connectivity index (χ2v) is 8.42. The van der Waals surface area contributed by atoms with Crippen molar-refractivity contribution >= 4 is 22.8 Å². The Hall–Kier alpha value is -0.790. The van der Waals surface area contributed by atoms with E-state index in [0.29, 0.717) is 24.6 Å². The van der Waals surface area contributed by atoms with Crippen LogP contribution in [0.2, 0.25) is 0 Å². The van der Waals surface area contributed by atoms with Crippen molar-refractivity contribution in [2.24, 2.45) is 16.3 Å². The van der Waals surface area contributed by atoms with Gasteiger partial charge in [-0.25, -0.2) is 4.39 Å². The Bertz CT molecular complexity index is 562. The zero-order valence-corrected chi connectivity index (χ0v) is 13.4. The summed E-state index contributed by atoms with van der Waals surface area (Å²) in [5.74, 6) is -0.356. The second kappa shape index (κ2) is 4.39. The molecule has 3 aliphatic rings. The highest BCUT2D eigenvalue weighted by Gasteiger charge is 2.69. The average Bonchev–Trinajstić information content (AvgIpc) is 2.68. The van der Waals surface area contributed by atoms with Crippen molar-refractivity contribution in [1.29, 1.82) is 0 Å². The van der Waals surface area contributed by atoms with Crippen LogP contribution in [0.25, 0.3) is 0 Å². The van der Waals surface area contributed by atoms with Gasteiger partial charge in [-0.1, -0.05) is 18.7 Å². The number of hydrogen-bond donors (Lipinski definition) is 1. The number of hydrogen-bond acceptors (Lipinski definition) is 3. The van der Waals surface area contributed by atoms with Gasteiger partial charge in [0, 0.05) is 0 Å². The summed E-state index contributed by atoms with van der Waals surface area (Å²) < 4.78 is 50.9. The predicted molar refractivity (Wildman–Crippen MR) is 76.4 cm³/mol. The van der Waals surface area contributed by atoms with Crippen LogP contribution in [0.4, 0.5) is 17.6 Å². The van der Waals surface area contributed by atoms with Gasteiger partial charge in [0.15, 0.2) is 5.17 Å². The number of nitrogens with one attached hydrogen (secondary N) is 1. The van der Waals surface area contributed by atoms with Crippen LogP contribution in [0.1, 0.15) is 40.0 Å². The first-order valence-corrected chi connectivity index (χ1v) is 8.07. The zero-order valence-electron chi connectivity index (χ0n) is 12.6. The number of nitrogens with zero attached hydrogens (tertiary/aromatic N) is 1. The second-order valence-electron chi connectivity index (χ2n) is 7.02. The third-order valence-electron chi connectivity index (χ3n) is 5.89. The SMILES string of the molecule is CC12CC[C@H]1C[C@@H]2N=C1NC(=O)C(C)(C(C)(F)C(F)(F)F)S1. The molecule has 3 nitrogen and oxygen atoms in total. The van der Waals surface area contributed by atoms with Gasteiger partial charge in [0.25, 0.3) is 0 Å². The molecule has 1 aliphatic heterocycles. The van der Waals surface area contributed by atoms with E-state index in [9.17, 15) is 22.4 Å². The van der Waals surface area contributed by atoms with Crippen LogP contribution in [0.5, 0.6) is 0 Å². The number of carbonyl (C=O) groups is 1. The largest absolute Gasteiger partial charge is 0.424 e. The van der Waals surface area contributed by atoms with Gasteiger partial charge in [0.1, 0.15) is 4.75 Å². The first-order chi connectivity index (χ1) is 9.92. The summed E-state index contributed by atoms with van der Waals surface area (Å²) in [6, 6.07) is 0.00755. The number of aliphatic imine (C=N–C) groups is 1. The van der Waals surface area contributed by atoms with Crippen molar-refractivity contribution in [2.75, 3.05) is 0 Å². The Morgan fingerprint density at radius 3 is 2.36 bits per heavy atom. The van der Waals surface area contributed by atoms with Gasteiger partial charge in [0.2, 0.25) is 11.6 Å². The lowest BCUT2D eigenvalue weighted by Gasteiger charge is -2.60. The third kappa shape index (κ3) is 1.88. The number of amides is 1. The molecule has 3 rings (SSSR count). The molecule has 0 aromatic rings. The maximum atomic E-state index is 14.3. The molecule has 0 radical (unpaired) electrons. The van der Waals surface area contributed by atoms with E-state index < -0.39 is 22.5 Å². The number of carbonyl (C=O) groups excluding carboxylic acids is 1. The first kappa shape index (κ1) is 16.1. The minimum Gasteiger partial charge on any atom is -0.304 e. The van der Waals surface area contributed by atoms with Crippen LogP contribution in [0.3, 0.4) is 0 Å². The lowest BCUT2D eigenvalue weighted by molar-refractivity contribution is -0.232. The summed E-state index contributed by atoms with van der Waals surface area (Å²) in [4.78, 5) is 16.4. The number of halogens is 4. The lowest BCUT2D eigenvalue weighted by Crippen LogP contribution is -2.58. The Morgan fingerprint density at radius 2 is 1.95 bits per heavy atom. The number of rotatable bonds is 2. The van der Waals surface area contributed by atoms with E-state index in [1.165, 1.54) is 0 Å². The van der Waals surface area contributed by atoms with Gasteiger partial charge < -0.3 is 5.32 Å². The number of thioether (sulfide) groups is 1. The topological polar surface area (TPSA) is 41.5 Å². The molecule has 1 N–H and O–H groups in total. The van der Waals surface area contributed by atoms with Crippen LogP contribution < -0.4 is 5.32 Å². The molecule has 22 heavy (non-hydrogen) atoms. The van der Waals surface area contributed by atoms with Crippen molar-refractivity contribution in [3.05, 3.63) is 0 Å². The van der Waals surface area contributed by atoms with Crippen LogP contribution in [-0.2, 0) is 4.79 Å². The summed E-state index contributed by atoms with van der Waals surface area (Å²) in [5.41, 5.74) is -3.53. The van der Waals surface area contributed by atoms with Gasteiger partial charge in [-0.15, -0.1) is 0 Å². The van der Waals surface area contributed by atoms with Crippen molar-refractivity contribution in [2.45, 2.75) is 62.7 Å². The Balaban J connectivity index is 1.81. The summed E-state index contributed by atoms with van der Waals surface area (Å²) in [5, 5.41) is 2.44. The summed E-state index contributed by atoms with van der Waals surface area (Å²) >= 11 is 0.553. The number of amidine groups is 1. The van der Waals surface area contributed by atoms with Crippen molar-refractivity contribution in [3.8, 4) is 0 Å². The molecule has 2 saturated carbocycles. The molecule has 1 amide bonds. The molecule has 0 spiro atoms. The first-order valence-electron chi connectivity index (χ1n) is 7.26. The van der Waals surface area contributed by atoms with E-state index in [0.717, 1.165) is 26.2 Å². The van der Waals surface area contributed by atoms with Gasteiger partial charge in [-0.2, -0.15) is 13.2 Å². The third-order valence-corrected chi connectivity index (χ3v) is 7.27. The van der Waals surface area contributed by atoms with Gasteiger partial charge in [0.05, 0.1) is 6.04 Å². The summed E-state index contributed by atoms with van der Waals surface area (Å²) in [6.45, 7) is 3.50. The Kier molecular flexibility index (Phi) is 3.21. The van der Waals surface area contributed by atoms with E-state index in [2.05, 4.69) is 17.2 Å². The van der Waals surface area contributed by atoms with Crippen molar-refractivity contribution in [3.63, 3.8) is 0 Å². The molecule has 0 aromatic heterocycles. The molecule has 124 valence electrons. The van der Waals surface area contributed by atoms with E-state index in [1.807, 2.05) is 0 Å². The molecule has 5 atom stereocenters. The van der Waals surface area contributed by atoms with Crippen LogP contribution in [0, 0.1) is 11.3 Å². The molecule has 1 saturated heterocycles. The quantitative estimate of drug-likeness (QED) is 0.784. The van der Waals surface area contributed by atoms with E-state index in [1.54, 1.807) is 0 Å². The predicted octanol–water partition coefficient (Wildman–Crippen LogP) is 3.44. The number of alkyl halides is 4. The fourth-order valence-corrected chi connectivity index (χ4v) is 4.63. The minimum atomic E-state index is -5.12. The van der Waals surface area contributed by atoms with Gasteiger partial charge in [-0.05, 0) is 44.4 Å². The van der Waals surface area contributed by atoms with Crippen molar-refractivity contribution in [1.82, 2.24) is 5.32 Å². The Morgan fingerprint density at radius 1 is 1.32 bits per heavy atom. The van der Waals surface area contributed by atoms with Crippen molar-refractivity contribution < 1.29 is 22.4 Å². The summed E-state index contributed by atoms with van der Waals surface area (Å²) in [6.07, 6.45) is -2.04. The van der Waals surface area contributed by atoms with E-state index in [-0.39, 0.29) is 16.6 Å². The normalized spacial score (nSPS) is 45.6. The lowest BCUT2D eigenvalue weighted by atomic mass is 9.46. The fourth-order valence-electron chi connectivity index (χ4n) is 3.47.